The number of fused-ring (bicyclic) bond motifs is 3. The maximum Gasteiger partial charge on any atom is -0.00106 e. The van der Waals surface area contributed by atoms with Crippen LogP contribution in [0.15, 0.2) is 30.3 Å². The van der Waals surface area contributed by atoms with Crippen molar-refractivity contribution in [2.75, 3.05) is 0 Å². The summed E-state index contributed by atoms with van der Waals surface area (Å²) in [7, 11) is 0. The topological polar surface area (TPSA) is 0 Å². The highest BCUT2D eigenvalue weighted by molar-refractivity contribution is 5.80. The molecule has 0 bridgehead atoms. The van der Waals surface area contributed by atoms with Gasteiger partial charge in [-0.05, 0) is 60.6 Å². The van der Waals surface area contributed by atoms with Gasteiger partial charge in [0.2, 0.25) is 0 Å². The molecule has 0 nitrogen and oxygen atoms in total. The van der Waals surface area contributed by atoms with Crippen LogP contribution in [0.1, 0.15) is 27.8 Å². The zero-order valence-corrected chi connectivity index (χ0v) is 10.1. The third-order valence-corrected chi connectivity index (χ3v) is 3.61. The smallest absolute Gasteiger partial charge is 0.00106 e. The fourth-order valence-electron chi connectivity index (χ4n) is 2.94. The molecule has 0 heterocycles. The van der Waals surface area contributed by atoms with Gasteiger partial charge in [-0.15, -0.1) is 0 Å². The number of rotatable bonds is 0. The lowest BCUT2D eigenvalue weighted by Crippen LogP contribution is -1.86. The lowest BCUT2D eigenvalue weighted by Gasteiger charge is -2.07. The minimum Gasteiger partial charge on any atom is -0.0614 e. The van der Waals surface area contributed by atoms with Crippen LogP contribution < -0.4 is 0 Å². The molecule has 0 saturated heterocycles. The lowest BCUT2D eigenvalue weighted by atomic mass is 9.98. The molecule has 0 aliphatic heterocycles. The van der Waals surface area contributed by atoms with Gasteiger partial charge in [0, 0.05) is 0 Å². The monoisotopic (exact) mass is 208 g/mol. The molecular weight excluding hydrogens is 192 g/mol. The van der Waals surface area contributed by atoms with Crippen molar-refractivity contribution >= 4 is 0 Å². The van der Waals surface area contributed by atoms with E-state index in [0.29, 0.717) is 0 Å². The normalized spacial score (nSPS) is 12.4. The first-order valence-corrected chi connectivity index (χ1v) is 5.86. The predicted octanol–water partition coefficient (Wildman–Crippen LogP) is 4.18. The van der Waals surface area contributed by atoms with Crippen LogP contribution in [0.5, 0.6) is 0 Å². The molecule has 1 aliphatic rings. The van der Waals surface area contributed by atoms with Crippen molar-refractivity contribution < 1.29 is 0 Å². The van der Waals surface area contributed by atoms with Gasteiger partial charge in [0.15, 0.2) is 0 Å². The van der Waals surface area contributed by atoms with Gasteiger partial charge in [0.05, 0.1) is 0 Å². The lowest BCUT2D eigenvalue weighted by molar-refractivity contribution is 1.20. The Hall–Kier alpha value is -1.56. The van der Waals surface area contributed by atoms with E-state index in [1.807, 2.05) is 0 Å². The van der Waals surface area contributed by atoms with Gasteiger partial charge in [-0.1, -0.05) is 35.9 Å². The Kier molecular flexibility index (Phi) is 1.94. The van der Waals surface area contributed by atoms with Gasteiger partial charge in [-0.3, -0.25) is 0 Å². The Labute approximate surface area is 96.9 Å². The van der Waals surface area contributed by atoms with Gasteiger partial charge < -0.3 is 0 Å². The summed E-state index contributed by atoms with van der Waals surface area (Å²) in [5.74, 6) is 0. The van der Waals surface area contributed by atoms with Crippen molar-refractivity contribution in [1.29, 1.82) is 0 Å². The molecule has 80 valence electrons. The summed E-state index contributed by atoms with van der Waals surface area (Å²) in [5, 5.41) is 0. The van der Waals surface area contributed by atoms with E-state index in [9.17, 15) is 0 Å². The summed E-state index contributed by atoms with van der Waals surface area (Å²) in [4.78, 5) is 0. The van der Waals surface area contributed by atoms with Crippen molar-refractivity contribution in [2.45, 2.75) is 27.2 Å². The van der Waals surface area contributed by atoms with Crippen molar-refractivity contribution in [3.05, 3.63) is 58.1 Å². The van der Waals surface area contributed by atoms with Crippen LogP contribution in [0, 0.1) is 20.8 Å². The molecule has 0 fully saturated rings. The van der Waals surface area contributed by atoms with Crippen LogP contribution >= 0.6 is 0 Å². The molecule has 0 aromatic heterocycles. The Bertz CT molecular complexity index is 577. The van der Waals surface area contributed by atoms with E-state index in [4.69, 9.17) is 0 Å². The van der Waals surface area contributed by atoms with E-state index in [2.05, 4.69) is 51.1 Å². The molecule has 0 unspecified atom stereocenters. The van der Waals surface area contributed by atoms with Gasteiger partial charge in [0.25, 0.3) is 0 Å². The highest BCUT2D eigenvalue weighted by Gasteiger charge is 2.21. The Morgan fingerprint density at radius 3 is 2.56 bits per heavy atom. The second kappa shape index (κ2) is 3.21. The maximum atomic E-state index is 2.34. The standard InChI is InChI=1S/C16H16/c1-10-7-12(3)16-13(8-10)9-15-11(2)5-4-6-14(15)16/h4-8H,9H2,1-3H3. The molecule has 0 spiro atoms. The van der Waals surface area contributed by atoms with E-state index in [-0.39, 0.29) is 0 Å². The quantitative estimate of drug-likeness (QED) is 0.520. The molecule has 1 aliphatic carbocycles. The third-order valence-electron chi connectivity index (χ3n) is 3.61. The predicted molar refractivity (Wildman–Crippen MR) is 68.9 cm³/mol. The fraction of sp³-hybridized carbons (Fsp3) is 0.250. The largest absolute Gasteiger partial charge is 0.0614 e. The summed E-state index contributed by atoms with van der Waals surface area (Å²) in [6.45, 7) is 6.62. The van der Waals surface area contributed by atoms with Crippen LogP contribution in [0.25, 0.3) is 11.1 Å². The minimum atomic E-state index is 1.11. The van der Waals surface area contributed by atoms with Crippen LogP contribution in [-0.4, -0.2) is 0 Å². The molecule has 0 amide bonds. The van der Waals surface area contributed by atoms with Crippen molar-refractivity contribution in [1.82, 2.24) is 0 Å². The van der Waals surface area contributed by atoms with Crippen LogP contribution in [0.2, 0.25) is 0 Å². The highest BCUT2D eigenvalue weighted by Crippen LogP contribution is 2.40. The van der Waals surface area contributed by atoms with Crippen LogP contribution in [0.3, 0.4) is 0 Å². The summed E-state index contributed by atoms with van der Waals surface area (Å²) >= 11 is 0. The average molecular weight is 208 g/mol. The first-order valence-electron chi connectivity index (χ1n) is 5.86. The second-order valence-electron chi connectivity index (χ2n) is 4.89. The van der Waals surface area contributed by atoms with Crippen LogP contribution in [-0.2, 0) is 6.42 Å². The number of benzene rings is 2. The maximum absolute atomic E-state index is 2.34. The highest BCUT2D eigenvalue weighted by atomic mass is 14.2. The average Bonchev–Trinajstić information content (AvgIpc) is 2.57. The molecule has 0 atom stereocenters. The zero-order valence-electron chi connectivity index (χ0n) is 10.1. The molecule has 0 N–H and O–H groups in total. The number of hydrogen-bond acceptors (Lipinski definition) is 0. The van der Waals surface area contributed by atoms with Crippen LogP contribution in [0.4, 0.5) is 0 Å². The molecule has 3 rings (SSSR count). The van der Waals surface area contributed by atoms with E-state index in [1.54, 1.807) is 0 Å². The van der Waals surface area contributed by atoms with Gasteiger partial charge in [-0.25, -0.2) is 0 Å². The Morgan fingerprint density at radius 2 is 1.75 bits per heavy atom. The van der Waals surface area contributed by atoms with Gasteiger partial charge >= 0.3 is 0 Å². The fourth-order valence-corrected chi connectivity index (χ4v) is 2.94. The zero-order chi connectivity index (χ0) is 11.3. The van der Waals surface area contributed by atoms with Gasteiger partial charge in [-0.2, -0.15) is 0 Å². The van der Waals surface area contributed by atoms with Crippen molar-refractivity contribution in [3.63, 3.8) is 0 Å². The minimum absolute atomic E-state index is 1.11. The van der Waals surface area contributed by atoms with E-state index in [1.165, 1.54) is 38.9 Å². The molecule has 0 radical (unpaired) electrons. The molecule has 2 aromatic carbocycles. The molecule has 2 aromatic rings. The first-order chi connectivity index (χ1) is 7.66. The molecule has 0 saturated carbocycles. The second-order valence-corrected chi connectivity index (χ2v) is 4.89. The molecular formula is C16H16. The number of aryl methyl sites for hydroxylation is 3. The van der Waals surface area contributed by atoms with Gasteiger partial charge in [0.1, 0.15) is 0 Å². The first kappa shape index (κ1) is 9.65. The summed E-state index contributed by atoms with van der Waals surface area (Å²) < 4.78 is 0. The summed E-state index contributed by atoms with van der Waals surface area (Å²) in [6.07, 6.45) is 1.11. The summed E-state index contributed by atoms with van der Waals surface area (Å²) in [6, 6.07) is 11.3. The Balaban J connectivity index is 2.34. The third kappa shape index (κ3) is 1.23. The van der Waals surface area contributed by atoms with E-state index >= 15 is 0 Å². The molecule has 0 heteroatoms. The SMILES string of the molecule is Cc1cc(C)c2c(c1)Cc1c(C)cccc1-2. The number of hydrogen-bond donors (Lipinski definition) is 0. The van der Waals surface area contributed by atoms with E-state index < -0.39 is 0 Å². The molecule has 16 heavy (non-hydrogen) atoms. The summed E-state index contributed by atoms with van der Waals surface area (Å²) in [5.41, 5.74) is 10.2. The van der Waals surface area contributed by atoms with E-state index in [0.717, 1.165) is 6.42 Å². The van der Waals surface area contributed by atoms with Crippen molar-refractivity contribution in [2.24, 2.45) is 0 Å². The van der Waals surface area contributed by atoms with Crippen molar-refractivity contribution in [3.8, 4) is 11.1 Å². The Morgan fingerprint density at radius 1 is 0.938 bits per heavy atom.